The number of nitrogens with one attached hydrogen (secondary N) is 1. The van der Waals surface area contributed by atoms with E-state index in [1.165, 1.54) is 11.3 Å². The number of nitrogen functional groups attached to an aromatic ring is 1. The number of hydrogen-bond donors (Lipinski definition) is 2. The summed E-state index contributed by atoms with van der Waals surface area (Å²) < 4.78 is 1.96. The van der Waals surface area contributed by atoms with Crippen LogP contribution in [0.5, 0.6) is 0 Å². The van der Waals surface area contributed by atoms with E-state index in [1.807, 2.05) is 29.2 Å². The molecule has 5 nitrogen and oxygen atoms in total. The highest BCUT2D eigenvalue weighted by Gasteiger charge is 2.05. The van der Waals surface area contributed by atoms with Crippen molar-refractivity contribution in [3.05, 3.63) is 41.5 Å². The number of anilines is 1. The molecule has 0 unspecified atom stereocenters. The summed E-state index contributed by atoms with van der Waals surface area (Å²) in [5.74, 6) is 5.30. The van der Waals surface area contributed by atoms with E-state index in [2.05, 4.69) is 27.6 Å². The van der Waals surface area contributed by atoms with Gasteiger partial charge in [-0.05, 0) is 6.07 Å². The molecule has 6 heteroatoms. The van der Waals surface area contributed by atoms with Gasteiger partial charge in [0.15, 0.2) is 5.13 Å². The molecule has 0 aliphatic heterocycles. The van der Waals surface area contributed by atoms with Crippen LogP contribution in [0.2, 0.25) is 0 Å². The average molecular weight is 245 g/mol. The maximum absolute atomic E-state index is 5.30. The number of hydrogen-bond acceptors (Lipinski definition) is 5. The minimum absolute atomic E-state index is 0.715. The highest BCUT2D eigenvalue weighted by molar-refractivity contribution is 7.15. The molecule has 86 valence electrons. The molecule has 0 saturated carbocycles. The lowest BCUT2D eigenvalue weighted by molar-refractivity contribution is 0.719. The lowest BCUT2D eigenvalue weighted by Crippen LogP contribution is -2.05. The summed E-state index contributed by atoms with van der Waals surface area (Å²) in [6.07, 6.45) is 3.69. The minimum Gasteiger partial charge on any atom is -0.300 e. The summed E-state index contributed by atoms with van der Waals surface area (Å²) in [7, 11) is 0. The highest BCUT2D eigenvalue weighted by atomic mass is 32.1. The number of rotatable bonds is 3. The molecule has 1 aromatic carbocycles. The largest absolute Gasteiger partial charge is 0.300 e. The van der Waals surface area contributed by atoms with Gasteiger partial charge in [-0.1, -0.05) is 29.5 Å². The molecule has 0 fully saturated rings. The number of aromatic nitrogens is 3. The SMILES string of the molecule is NNc1ncc(Cn2ncc3ccccc32)s1. The van der Waals surface area contributed by atoms with E-state index in [1.54, 1.807) is 0 Å². The lowest BCUT2D eigenvalue weighted by atomic mass is 10.2. The fourth-order valence-electron chi connectivity index (χ4n) is 1.75. The third-order valence-corrected chi connectivity index (χ3v) is 3.45. The Morgan fingerprint density at radius 2 is 2.18 bits per heavy atom. The van der Waals surface area contributed by atoms with Crippen LogP contribution < -0.4 is 11.3 Å². The molecule has 3 aromatic rings. The average Bonchev–Trinajstić information content (AvgIpc) is 2.97. The second-order valence-corrected chi connectivity index (χ2v) is 4.75. The first-order chi connectivity index (χ1) is 8.36. The zero-order valence-electron chi connectivity index (χ0n) is 9.00. The highest BCUT2D eigenvalue weighted by Crippen LogP contribution is 2.20. The van der Waals surface area contributed by atoms with Crippen molar-refractivity contribution < 1.29 is 0 Å². The molecule has 0 aliphatic rings. The summed E-state index contributed by atoms with van der Waals surface area (Å²) >= 11 is 1.53. The first kappa shape index (κ1) is 10.2. The Morgan fingerprint density at radius 3 is 3.00 bits per heavy atom. The Hall–Kier alpha value is -1.92. The second kappa shape index (κ2) is 4.15. The van der Waals surface area contributed by atoms with Crippen molar-refractivity contribution in [1.82, 2.24) is 14.8 Å². The van der Waals surface area contributed by atoms with Crippen molar-refractivity contribution in [2.45, 2.75) is 6.54 Å². The van der Waals surface area contributed by atoms with E-state index < -0.39 is 0 Å². The summed E-state index contributed by atoms with van der Waals surface area (Å²) in [5, 5.41) is 6.24. The van der Waals surface area contributed by atoms with Gasteiger partial charge in [0.05, 0.1) is 18.3 Å². The van der Waals surface area contributed by atoms with Gasteiger partial charge in [-0.25, -0.2) is 10.8 Å². The number of nitrogens with two attached hydrogens (primary N) is 1. The van der Waals surface area contributed by atoms with Gasteiger partial charge in [0.2, 0.25) is 0 Å². The summed E-state index contributed by atoms with van der Waals surface area (Å²) in [6, 6.07) is 8.14. The number of nitrogens with zero attached hydrogens (tertiary/aromatic N) is 3. The molecule has 17 heavy (non-hydrogen) atoms. The van der Waals surface area contributed by atoms with E-state index in [9.17, 15) is 0 Å². The Kier molecular flexibility index (Phi) is 2.50. The van der Waals surface area contributed by atoms with Crippen LogP contribution in [0, 0.1) is 0 Å². The zero-order chi connectivity index (χ0) is 11.7. The number of benzene rings is 1. The van der Waals surface area contributed by atoms with E-state index in [0.717, 1.165) is 20.9 Å². The number of fused-ring (bicyclic) bond motifs is 1. The molecular weight excluding hydrogens is 234 g/mol. The fourth-order valence-corrected chi connectivity index (χ4v) is 2.45. The van der Waals surface area contributed by atoms with Gasteiger partial charge in [-0.3, -0.25) is 10.1 Å². The van der Waals surface area contributed by atoms with Gasteiger partial charge >= 0.3 is 0 Å². The van der Waals surface area contributed by atoms with Crippen LogP contribution in [0.25, 0.3) is 10.9 Å². The van der Waals surface area contributed by atoms with Crippen molar-refractivity contribution in [2.75, 3.05) is 5.43 Å². The normalized spacial score (nSPS) is 10.9. The first-order valence-electron chi connectivity index (χ1n) is 5.19. The first-order valence-corrected chi connectivity index (χ1v) is 6.00. The smallest absolute Gasteiger partial charge is 0.197 e. The summed E-state index contributed by atoms with van der Waals surface area (Å²) in [4.78, 5) is 5.25. The Morgan fingerprint density at radius 1 is 1.29 bits per heavy atom. The van der Waals surface area contributed by atoms with Crippen LogP contribution in [-0.2, 0) is 6.54 Å². The molecule has 3 N–H and O–H groups in total. The molecular formula is C11H11N5S. The molecule has 0 aliphatic carbocycles. The predicted octanol–water partition coefficient (Wildman–Crippen LogP) is 1.83. The zero-order valence-corrected chi connectivity index (χ0v) is 9.81. The van der Waals surface area contributed by atoms with Gasteiger partial charge in [-0.2, -0.15) is 5.10 Å². The third kappa shape index (κ3) is 1.88. The van der Waals surface area contributed by atoms with Crippen LogP contribution in [-0.4, -0.2) is 14.8 Å². The molecule has 0 saturated heterocycles. The maximum atomic E-state index is 5.30. The monoisotopic (exact) mass is 245 g/mol. The van der Waals surface area contributed by atoms with Gasteiger partial charge < -0.3 is 0 Å². The molecule has 3 rings (SSSR count). The van der Waals surface area contributed by atoms with Crippen molar-refractivity contribution in [2.24, 2.45) is 5.84 Å². The van der Waals surface area contributed by atoms with Crippen molar-refractivity contribution in [3.63, 3.8) is 0 Å². The Bertz CT molecular complexity index is 642. The number of hydrazine groups is 1. The third-order valence-electron chi connectivity index (χ3n) is 2.53. The molecule has 0 atom stereocenters. The van der Waals surface area contributed by atoms with Crippen LogP contribution in [0.3, 0.4) is 0 Å². The van der Waals surface area contributed by atoms with E-state index in [4.69, 9.17) is 5.84 Å². The minimum atomic E-state index is 0.715. The summed E-state index contributed by atoms with van der Waals surface area (Å²) in [5.41, 5.74) is 3.67. The van der Waals surface area contributed by atoms with E-state index in [0.29, 0.717) is 6.54 Å². The van der Waals surface area contributed by atoms with Crippen LogP contribution in [0.1, 0.15) is 4.88 Å². The predicted molar refractivity (Wildman–Crippen MR) is 68.8 cm³/mol. The topological polar surface area (TPSA) is 68.8 Å². The molecule has 0 amide bonds. The Labute approximate surface area is 102 Å². The maximum Gasteiger partial charge on any atom is 0.197 e. The number of thiazole rings is 1. The van der Waals surface area contributed by atoms with Gasteiger partial charge in [0.25, 0.3) is 0 Å². The fraction of sp³-hybridized carbons (Fsp3) is 0.0909. The molecule has 0 radical (unpaired) electrons. The molecule has 2 heterocycles. The summed E-state index contributed by atoms with van der Waals surface area (Å²) in [6.45, 7) is 0.715. The molecule has 2 aromatic heterocycles. The van der Waals surface area contributed by atoms with E-state index in [-0.39, 0.29) is 0 Å². The molecule has 0 spiro atoms. The molecule has 0 bridgehead atoms. The van der Waals surface area contributed by atoms with Crippen LogP contribution in [0.4, 0.5) is 5.13 Å². The van der Waals surface area contributed by atoms with Gasteiger partial charge in [-0.15, -0.1) is 0 Å². The van der Waals surface area contributed by atoms with Crippen molar-refractivity contribution >= 4 is 27.4 Å². The second-order valence-electron chi connectivity index (χ2n) is 3.64. The Balaban J connectivity index is 1.94. The van der Waals surface area contributed by atoms with E-state index >= 15 is 0 Å². The number of para-hydroxylation sites is 1. The van der Waals surface area contributed by atoms with Crippen molar-refractivity contribution in [1.29, 1.82) is 0 Å². The van der Waals surface area contributed by atoms with Gasteiger partial charge in [0, 0.05) is 16.5 Å². The standard InChI is InChI=1S/C11H11N5S/c12-15-11-13-6-9(17-11)7-16-10-4-2-1-3-8(10)5-14-16/h1-6H,7,12H2,(H,13,15). The van der Waals surface area contributed by atoms with Gasteiger partial charge in [0.1, 0.15) is 0 Å². The lowest BCUT2D eigenvalue weighted by Gasteiger charge is -2.00. The van der Waals surface area contributed by atoms with Crippen LogP contribution in [0.15, 0.2) is 36.7 Å². The van der Waals surface area contributed by atoms with Crippen LogP contribution >= 0.6 is 11.3 Å². The van der Waals surface area contributed by atoms with Crippen molar-refractivity contribution in [3.8, 4) is 0 Å². The quantitative estimate of drug-likeness (QED) is 0.545.